The van der Waals surface area contributed by atoms with Crippen LogP contribution in [0.2, 0.25) is 0 Å². The predicted octanol–water partition coefficient (Wildman–Crippen LogP) is 0.0885. The van der Waals surface area contributed by atoms with Crippen LogP contribution in [0.3, 0.4) is 0 Å². The van der Waals surface area contributed by atoms with Gasteiger partial charge in [-0.15, -0.1) is 0 Å². The first-order valence-corrected chi connectivity index (χ1v) is 4.16. The maximum absolute atomic E-state index is 10.7. The Morgan fingerprint density at radius 3 is 3.15 bits per heavy atom. The lowest BCUT2D eigenvalue weighted by Crippen LogP contribution is -2.46. The summed E-state index contributed by atoms with van der Waals surface area (Å²) in [5, 5.41) is 12.3. The van der Waals surface area contributed by atoms with Crippen LogP contribution in [0, 0.1) is 0 Å². The van der Waals surface area contributed by atoms with Crippen LogP contribution in [0.15, 0.2) is 17.3 Å². The van der Waals surface area contributed by atoms with Gasteiger partial charge in [-0.1, -0.05) is 11.6 Å². The summed E-state index contributed by atoms with van der Waals surface area (Å²) >= 11 is 5.65. The summed E-state index contributed by atoms with van der Waals surface area (Å²) in [6, 6.07) is 0. The number of aliphatic carboxylic acids is 1. The molecule has 0 aliphatic carbocycles. The van der Waals surface area contributed by atoms with Gasteiger partial charge in [0.1, 0.15) is 5.84 Å². The van der Waals surface area contributed by atoms with E-state index < -0.39 is 11.1 Å². The van der Waals surface area contributed by atoms with E-state index in [0.29, 0.717) is 12.4 Å². The molecule has 0 saturated carbocycles. The molecule has 72 valence electrons. The maximum atomic E-state index is 10.7. The molecule has 3 N–H and O–H groups in total. The first-order chi connectivity index (χ1) is 6.08. The first-order valence-electron chi connectivity index (χ1n) is 3.79. The van der Waals surface area contributed by atoms with Gasteiger partial charge in [0, 0.05) is 12.7 Å². The van der Waals surface area contributed by atoms with Crippen molar-refractivity contribution in [2.24, 2.45) is 4.99 Å². The van der Waals surface area contributed by atoms with E-state index in [0.717, 1.165) is 0 Å². The summed E-state index contributed by atoms with van der Waals surface area (Å²) in [5.41, 5.74) is 0. The molecule has 0 bridgehead atoms. The molecular weight excluding hydrogens is 194 g/mol. The molecule has 0 aromatic carbocycles. The topological polar surface area (TPSA) is 73.7 Å². The number of nitrogens with zero attached hydrogens (tertiary/aromatic N) is 1. The molecule has 1 atom stereocenters. The van der Waals surface area contributed by atoms with Gasteiger partial charge in [0.2, 0.25) is 0 Å². The average Bonchev–Trinajstić information content (AvgIpc) is 2.04. The van der Waals surface area contributed by atoms with E-state index in [2.05, 4.69) is 15.6 Å². The molecule has 1 heterocycles. The zero-order valence-electron chi connectivity index (χ0n) is 7.04. The Morgan fingerprint density at radius 1 is 1.92 bits per heavy atom. The van der Waals surface area contributed by atoms with E-state index in [1.54, 1.807) is 6.08 Å². The highest BCUT2D eigenvalue weighted by atomic mass is 35.5. The van der Waals surface area contributed by atoms with Crippen LogP contribution in [0.25, 0.3) is 0 Å². The number of nitrogens with one attached hydrogen (secondary N) is 2. The van der Waals surface area contributed by atoms with Gasteiger partial charge < -0.3 is 15.7 Å². The summed E-state index contributed by atoms with van der Waals surface area (Å²) in [4.78, 5) is 14.4. The fraction of sp³-hybridized carbons (Fsp3) is 0.429. The van der Waals surface area contributed by atoms with Crippen molar-refractivity contribution in [1.29, 1.82) is 0 Å². The highest BCUT2D eigenvalue weighted by molar-refractivity contribution is 6.34. The Bertz CT molecular complexity index is 277. The third-order valence-electron chi connectivity index (χ3n) is 1.43. The van der Waals surface area contributed by atoms with Crippen LogP contribution in [-0.4, -0.2) is 28.6 Å². The third-order valence-corrected chi connectivity index (χ3v) is 1.79. The van der Waals surface area contributed by atoms with Gasteiger partial charge >= 0.3 is 11.1 Å². The van der Waals surface area contributed by atoms with E-state index in [-0.39, 0.29) is 0 Å². The predicted molar refractivity (Wildman–Crippen MR) is 49.6 cm³/mol. The molecule has 0 spiro atoms. The molecule has 1 aliphatic heterocycles. The molecule has 0 saturated heterocycles. The van der Waals surface area contributed by atoms with E-state index in [4.69, 9.17) is 16.7 Å². The van der Waals surface area contributed by atoms with Crippen LogP contribution < -0.4 is 10.6 Å². The zero-order chi connectivity index (χ0) is 9.90. The average molecular weight is 204 g/mol. The first kappa shape index (κ1) is 9.85. The number of hydrogen-bond donors (Lipinski definition) is 3. The number of carboxylic acids is 1. The molecule has 0 amide bonds. The molecule has 0 radical (unpaired) electrons. The quantitative estimate of drug-likeness (QED) is 0.439. The number of aliphatic imine (C=N–C) groups is 1. The molecule has 1 aliphatic rings. The number of carbonyl (C=O) groups is 1. The van der Waals surface area contributed by atoms with Gasteiger partial charge in [-0.3, -0.25) is 0 Å². The summed E-state index contributed by atoms with van der Waals surface area (Å²) in [6.07, 6.45) is 3.07. The third kappa shape index (κ3) is 2.12. The molecule has 1 unspecified atom stereocenters. The van der Waals surface area contributed by atoms with Crippen molar-refractivity contribution in [3.63, 3.8) is 0 Å². The second-order valence-electron chi connectivity index (χ2n) is 2.43. The van der Waals surface area contributed by atoms with Crippen molar-refractivity contribution >= 4 is 23.4 Å². The minimum Gasteiger partial charge on any atom is -0.477 e. The van der Waals surface area contributed by atoms with E-state index >= 15 is 0 Å². The van der Waals surface area contributed by atoms with Crippen molar-refractivity contribution in [1.82, 2.24) is 10.6 Å². The number of carboxylic acid groups (broad SMARTS) is 1. The number of likely N-dealkylation sites (N-methyl/N-ethyl adjacent to an activating group) is 1. The zero-order valence-corrected chi connectivity index (χ0v) is 7.80. The van der Waals surface area contributed by atoms with Crippen LogP contribution in [0.5, 0.6) is 0 Å². The van der Waals surface area contributed by atoms with Gasteiger partial charge in [0.05, 0.1) is 0 Å². The number of amidine groups is 1. The Balaban J connectivity index is 2.82. The summed E-state index contributed by atoms with van der Waals surface area (Å²) in [7, 11) is 0. The summed E-state index contributed by atoms with van der Waals surface area (Å²) in [5.74, 6) is -0.771. The van der Waals surface area contributed by atoms with Gasteiger partial charge in [0.15, 0.2) is 0 Å². The van der Waals surface area contributed by atoms with Crippen molar-refractivity contribution < 1.29 is 9.90 Å². The Kier molecular flexibility index (Phi) is 2.77. The highest BCUT2D eigenvalue weighted by Crippen LogP contribution is 2.16. The van der Waals surface area contributed by atoms with Crippen LogP contribution in [0.4, 0.5) is 0 Å². The maximum Gasteiger partial charge on any atom is 0.369 e. The van der Waals surface area contributed by atoms with Crippen LogP contribution in [0.1, 0.15) is 6.92 Å². The normalized spacial score (nSPS) is 26.2. The second-order valence-corrected chi connectivity index (χ2v) is 2.98. The number of hydrogen-bond acceptors (Lipinski definition) is 4. The van der Waals surface area contributed by atoms with E-state index in [9.17, 15) is 4.79 Å². The highest BCUT2D eigenvalue weighted by Gasteiger charge is 2.36. The molecule has 6 heteroatoms. The molecular formula is C7H10ClN3O2. The number of halogens is 1. The molecule has 1 rings (SSSR count). The largest absolute Gasteiger partial charge is 0.477 e. The van der Waals surface area contributed by atoms with Crippen molar-refractivity contribution in [3.05, 3.63) is 12.3 Å². The Labute approximate surface area is 80.5 Å². The molecule has 0 aromatic rings. The number of alkyl halides is 1. The molecule has 0 aromatic heterocycles. The van der Waals surface area contributed by atoms with Crippen LogP contribution in [-0.2, 0) is 4.79 Å². The van der Waals surface area contributed by atoms with Gasteiger partial charge in [0.25, 0.3) is 0 Å². The molecule has 13 heavy (non-hydrogen) atoms. The van der Waals surface area contributed by atoms with Gasteiger partial charge in [-0.2, -0.15) is 0 Å². The fourth-order valence-corrected chi connectivity index (χ4v) is 1.01. The Morgan fingerprint density at radius 2 is 2.62 bits per heavy atom. The van der Waals surface area contributed by atoms with Crippen molar-refractivity contribution in [2.75, 3.05) is 6.54 Å². The smallest absolute Gasteiger partial charge is 0.369 e. The minimum absolute atomic E-state index is 0.457. The van der Waals surface area contributed by atoms with E-state index in [1.165, 1.54) is 6.20 Å². The Hall–Kier alpha value is -1.23. The lowest BCUT2D eigenvalue weighted by atomic mass is 10.4. The molecule has 0 fully saturated rings. The SMILES string of the molecule is CCNC1=NC(Cl)(C(=O)O)NC=C1. The molecule has 5 nitrogen and oxygen atoms in total. The monoisotopic (exact) mass is 203 g/mol. The van der Waals surface area contributed by atoms with Crippen molar-refractivity contribution in [2.45, 2.75) is 12.0 Å². The lowest BCUT2D eigenvalue weighted by Gasteiger charge is -2.22. The van der Waals surface area contributed by atoms with Crippen LogP contribution >= 0.6 is 11.6 Å². The second kappa shape index (κ2) is 3.66. The number of rotatable bonds is 2. The van der Waals surface area contributed by atoms with E-state index in [1.807, 2.05) is 6.92 Å². The summed E-state index contributed by atoms with van der Waals surface area (Å²) < 4.78 is 0. The van der Waals surface area contributed by atoms with Gasteiger partial charge in [-0.05, 0) is 13.0 Å². The lowest BCUT2D eigenvalue weighted by molar-refractivity contribution is -0.140. The summed E-state index contributed by atoms with van der Waals surface area (Å²) in [6.45, 7) is 2.55. The van der Waals surface area contributed by atoms with Gasteiger partial charge in [-0.25, -0.2) is 9.79 Å². The standard InChI is InChI=1S/C7H10ClN3O2/c1-2-9-5-3-4-10-7(8,11-5)6(12)13/h3-4,10H,2H2,1H3,(H,9,11)(H,12,13). The minimum atomic E-state index is -1.77. The van der Waals surface area contributed by atoms with Crippen molar-refractivity contribution in [3.8, 4) is 0 Å². The fourth-order valence-electron chi connectivity index (χ4n) is 0.856.